The molecule has 1 atom stereocenters. The van der Waals surface area contributed by atoms with Crippen LogP contribution in [0.3, 0.4) is 0 Å². The van der Waals surface area contributed by atoms with Crippen molar-refractivity contribution >= 4 is 11.8 Å². The third-order valence-corrected chi connectivity index (χ3v) is 4.13. The largest absolute Gasteiger partial charge is 0.350 e. The molecule has 1 aliphatic rings. The molecule has 0 bridgehead atoms. The number of halogens is 1. The minimum absolute atomic E-state index is 0.0895. The minimum Gasteiger partial charge on any atom is -0.350 e. The van der Waals surface area contributed by atoms with Crippen LogP contribution in [0.15, 0.2) is 48.5 Å². The van der Waals surface area contributed by atoms with Gasteiger partial charge in [0, 0.05) is 19.2 Å². The quantitative estimate of drug-likeness (QED) is 0.944. The first-order chi connectivity index (χ1) is 11.1. The van der Waals surface area contributed by atoms with Crippen LogP contribution in [0.5, 0.6) is 0 Å². The van der Waals surface area contributed by atoms with E-state index in [4.69, 9.17) is 0 Å². The summed E-state index contributed by atoms with van der Waals surface area (Å²) in [6.45, 7) is 0.0895. The van der Waals surface area contributed by atoms with Crippen LogP contribution >= 0.6 is 0 Å². The van der Waals surface area contributed by atoms with E-state index < -0.39 is 6.04 Å². The highest BCUT2D eigenvalue weighted by molar-refractivity contribution is 5.92. The van der Waals surface area contributed by atoms with Crippen LogP contribution in [-0.4, -0.2) is 23.8 Å². The third-order valence-electron chi connectivity index (χ3n) is 4.13. The van der Waals surface area contributed by atoms with E-state index in [0.717, 1.165) is 11.1 Å². The Labute approximate surface area is 133 Å². The van der Waals surface area contributed by atoms with Gasteiger partial charge in [0.1, 0.15) is 11.9 Å². The number of carbonyl (C=O) groups is 2. The van der Waals surface area contributed by atoms with Crippen LogP contribution in [0.4, 0.5) is 4.39 Å². The lowest BCUT2D eigenvalue weighted by atomic mass is 9.92. The van der Waals surface area contributed by atoms with Gasteiger partial charge < -0.3 is 10.2 Å². The van der Waals surface area contributed by atoms with Gasteiger partial charge in [0.15, 0.2) is 0 Å². The highest BCUT2D eigenvalue weighted by Gasteiger charge is 2.34. The van der Waals surface area contributed by atoms with Gasteiger partial charge in [0.25, 0.3) is 0 Å². The van der Waals surface area contributed by atoms with Crippen molar-refractivity contribution in [2.45, 2.75) is 19.0 Å². The maximum atomic E-state index is 13.6. The number of likely N-dealkylation sites (N-methyl/N-ethyl adjacent to an activating group) is 1. The first kappa shape index (κ1) is 15.2. The van der Waals surface area contributed by atoms with Crippen LogP contribution in [0.25, 0.3) is 0 Å². The van der Waals surface area contributed by atoms with E-state index in [1.165, 1.54) is 11.0 Å². The smallest absolute Gasteiger partial charge is 0.247 e. The van der Waals surface area contributed by atoms with Crippen molar-refractivity contribution in [1.82, 2.24) is 10.2 Å². The van der Waals surface area contributed by atoms with E-state index in [1.807, 2.05) is 24.3 Å². The molecular formula is C18H17FN2O2. The molecule has 0 aromatic heterocycles. The second kappa shape index (κ2) is 6.20. The van der Waals surface area contributed by atoms with Gasteiger partial charge in [-0.1, -0.05) is 42.5 Å². The van der Waals surface area contributed by atoms with E-state index in [1.54, 1.807) is 25.2 Å². The Morgan fingerprint density at radius 3 is 2.70 bits per heavy atom. The summed E-state index contributed by atoms with van der Waals surface area (Å²) in [6.07, 6.45) is 0.295. The first-order valence-corrected chi connectivity index (χ1v) is 7.42. The number of hydrogen-bond acceptors (Lipinski definition) is 2. The molecule has 0 unspecified atom stereocenters. The number of fused-ring (bicyclic) bond motifs is 1. The molecule has 0 saturated carbocycles. The highest BCUT2D eigenvalue weighted by atomic mass is 19.1. The molecule has 1 N–H and O–H groups in total. The van der Waals surface area contributed by atoms with Crippen LogP contribution < -0.4 is 5.32 Å². The summed E-state index contributed by atoms with van der Waals surface area (Å²) >= 11 is 0. The zero-order chi connectivity index (χ0) is 16.4. The molecule has 4 nitrogen and oxygen atoms in total. The lowest BCUT2D eigenvalue weighted by Crippen LogP contribution is -2.45. The molecule has 1 heterocycles. The molecule has 0 spiro atoms. The lowest BCUT2D eigenvalue weighted by molar-refractivity contribution is -0.140. The van der Waals surface area contributed by atoms with Gasteiger partial charge >= 0.3 is 0 Å². The molecule has 0 saturated heterocycles. The zero-order valence-corrected chi connectivity index (χ0v) is 12.8. The normalized spacial score (nSPS) is 16.9. The summed E-state index contributed by atoms with van der Waals surface area (Å²) in [6, 6.07) is 13.0. The molecule has 3 rings (SSSR count). The summed E-state index contributed by atoms with van der Waals surface area (Å²) in [5, 5.41) is 2.73. The Morgan fingerprint density at radius 2 is 1.91 bits per heavy atom. The molecule has 5 heteroatoms. The van der Waals surface area contributed by atoms with Gasteiger partial charge in [-0.15, -0.1) is 0 Å². The van der Waals surface area contributed by atoms with Crippen molar-refractivity contribution in [3.8, 4) is 0 Å². The molecular weight excluding hydrogens is 295 g/mol. The Kier molecular flexibility index (Phi) is 4.10. The average molecular weight is 312 g/mol. The van der Waals surface area contributed by atoms with Gasteiger partial charge in [0.2, 0.25) is 11.8 Å². The Bertz CT molecular complexity index is 760. The van der Waals surface area contributed by atoms with Crippen molar-refractivity contribution in [3.63, 3.8) is 0 Å². The molecule has 2 aromatic rings. The minimum atomic E-state index is -0.681. The topological polar surface area (TPSA) is 49.4 Å². The van der Waals surface area contributed by atoms with Crippen LogP contribution in [0, 0.1) is 5.82 Å². The molecule has 118 valence electrons. The van der Waals surface area contributed by atoms with Crippen LogP contribution in [0.1, 0.15) is 22.7 Å². The van der Waals surface area contributed by atoms with E-state index in [0.29, 0.717) is 12.0 Å². The molecule has 2 aromatic carbocycles. The number of nitrogens with one attached hydrogen (secondary N) is 1. The van der Waals surface area contributed by atoms with Gasteiger partial charge in [-0.3, -0.25) is 9.59 Å². The number of amides is 2. The Hall–Kier alpha value is -2.69. The summed E-state index contributed by atoms with van der Waals surface area (Å²) in [5.74, 6) is -0.771. The lowest BCUT2D eigenvalue weighted by Gasteiger charge is -2.33. The fourth-order valence-corrected chi connectivity index (χ4v) is 2.84. The standard InChI is InChI=1S/C18H17FN2O2/c1-21-16(22)10-12-6-2-4-8-14(12)17(21)18(23)20-11-13-7-3-5-9-15(13)19/h2-9,17H,10-11H2,1H3,(H,20,23)/t17-/m1/s1. The molecule has 23 heavy (non-hydrogen) atoms. The number of carbonyl (C=O) groups excluding carboxylic acids is 2. The SMILES string of the molecule is CN1C(=O)Cc2ccccc2[C@@H]1C(=O)NCc1ccccc1F. The van der Waals surface area contributed by atoms with Crippen molar-refractivity contribution < 1.29 is 14.0 Å². The monoisotopic (exact) mass is 312 g/mol. The van der Waals surface area contributed by atoms with Crippen molar-refractivity contribution in [3.05, 3.63) is 71.0 Å². The number of rotatable bonds is 3. The van der Waals surface area contributed by atoms with E-state index in [-0.39, 0.29) is 24.2 Å². The maximum absolute atomic E-state index is 13.6. The predicted octanol–water partition coefficient (Wildman–Crippen LogP) is 2.20. The van der Waals surface area contributed by atoms with E-state index in [2.05, 4.69) is 5.32 Å². The van der Waals surface area contributed by atoms with Gasteiger partial charge in [-0.2, -0.15) is 0 Å². The fraction of sp³-hybridized carbons (Fsp3) is 0.222. The number of hydrogen-bond donors (Lipinski definition) is 1. The zero-order valence-electron chi connectivity index (χ0n) is 12.8. The van der Waals surface area contributed by atoms with Crippen LogP contribution in [0.2, 0.25) is 0 Å². The second-order valence-electron chi connectivity index (χ2n) is 5.59. The first-order valence-electron chi connectivity index (χ1n) is 7.42. The molecule has 0 aliphatic carbocycles. The molecule has 2 amide bonds. The Morgan fingerprint density at radius 1 is 1.22 bits per heavy atom. The maximum Gasteiger partial charge on any atom is 0.247 e. The average Bonchev–Trinajstić information content (AvgIpc) is 2.55. The summed E-state index contributed by atoms with van der Waals surface area (Å²) in [4.78, 5) is 26.1. The molecule has 0 fully saturated rings. The summed E-state index contributed by atoms with van der Waals surface area (Å²) in [7, 11) is 1.62. The number of benzene rings is 2. The molecule has 1 aliphatic heterocycles. The Balaban J connectivity index is 1.81. The highest BCUT2D eigenvalue weighted by Crippen LogP contribution is 2.29. The van der Waals surface area contributed by atoms with Gasteiger partial charge in [0.05, 0.1) is 6.42 Å². The van der Waals surface area contributed by atoms with Crippen LogP contribution in [-0.2, 0) is 22.6 Å². The fourth-order valence-electron chi connectivity index (χ4n) is 2.84. The van der Waals surface area contributed by atoms with Crippen molar-refractivity contribution in [2.24, 2.45) is 0 Å². The van der Waals surface area contributed by atoms with Gasteiger partial charge in [-0.25, -0.2) is 4.39 Å². The van der Waals surface area contributed by atoms with Crippen molar-refractivity contribution in [2.75, 3.05) is 7.05 Å². The predicted molar refractivity (Wildman–Crippen MR) is 83.9 cm³/mol. The summed E-state index contributed by atoms with van der Waals surface area (Å²) in [5.41, 5.74) is 2.10. The van der Waals surface area contributed by atoms with E-state index >= 15 is 0 Å². The second-order valence-corrected chi connectivity index (χ2v) is 5.59. The van der Waals surface area contributed by atoms with Gasteiger partial charge in [-0.05, 0) is 17.2 Å². The van der Waals surface area contributed by atoms with Crippen molar-refractivity contribution in [1.29, 1.82) is 0 Å². The summed E-state index contributed by atoms with van der Waals surface area (Å²) < 4.78 is 13.6. The molecule has 0 radical (unpaired) electrons. The third kappa shape index (κ3) is 2.95. The van der Waals surface area contributed by atoms with E-state index in [9.17, 15) is 14.0 Å². The number of nitrogens with zero attached hydrogens (tertiary/aromatic N) is 1.